The van der Waals surface area contributed by atoms with Crippen molar-refractivity contribution < 1.29 is 18.6 Å². The molecule has 1 aromatic carbocycles. The largest absolute Gasteiger partial charge is 0.385 e. The topological polar surface area (TPSA) is 41.5 Å². The van der Waals surface area contributed by atoms with E-state index in [0.29, 0.717) is 25.1 Å². The van der Waals surface area contributed by atoms with Gasteiger partial charge in [0.25, 0.3) is 0 Å². The Morgan fingerprint density at radius 1 is 1.20 bits per heavy atom. The minimum atomic E-state index is -0.915. The van der Waals surface area contributed by atoms with Crippen molar-refractivity contribution in [3.63, 3.8) is 0 Å². The number of ether oxygens (including phenoxy) is 1. The van der Waals surface area contributed by atoms with Gasteiger partial charge in [-0.15, -0.1) is 0 Å². The number of rotatable bonds is 2. The molecule has 0 unspecified atom stereocenters. The molecule has 3 atom stereocenters. The summed E-state index contributed by atoms with van der Waals surface area (Å²) in [6.45, 7) is 0.578. The lowest BCUT2D eigenvalue weighted by atomic mass is 9.74. The van der Waals surface area contributed by atoms with Crippen LogP contribution in [0.15, 0.2) is 18.2 Å². The van der Waals surface area contributed by atoms with E-state index in [1.165, 1.54) is 6.07 Å². The molecule has 1 saturated carbocycles. The van der Waals surface area contributed by atoms with Crippen LogP contribution in [-0.4, -0.2) is 29.5 Å². The number of hydrogen-bond acceptors (Lipinski definition) is 3. The average molecular weight is 283 g/mol. The van der Waals surface area contributed by atoms with E-state index in [0.717, 1.165) is 31.4 Å². The molecule has 0 bridgehead atoms. The van der Waals surface area contributed by atoms with E-state index in [1.54, 1.807) is 0 Å². The van der Waals surface area contributed by atoms with Crippen LogP contribution < -0.4 is 5.32 Å². The van der Waals surface area contributed by atoms with E-state index in [2.05, 4.69) is 5.32 Å². The number of nitrogens with one attached hydrogen (secondary N) is 1. The lowest BCUT2D eigenvalue weighted by Gasteiger charge is -2.48. The smallest absolute Gasteiger partial charge is 0.160 e. The highest BCUT2D eigenvalue weighted by atomic mass is 19.2. The average Bonchev–Trinajstić information content (AvgIpc) is 2.43. The monoisotopic (exact) mass is 283 g/mol. The van der Waals surface area contributed by atoms with Crippen LogP contribution >= 0.6 is 0 Å². The van der Waals surface area contributed by atoms with E-state index in [1.807, 2.05) is 0 Å². The maximum Gasteiger partial charge on any atom is 0.160 e. The highest BCUT2D eigenvalue weighted by Gasteiger charge is 2.48. The van der Waals surface area contributed by atoms with E-state index in [4.69, 9.17) is 4.74 Å². The minimum Gasteiger partial charge on any atom is -0.385 e. The second-order valence-corrected chi connectivity index (χ2v) is 5.71. The van der Waals surface area contributed by atoms with Crippen molar-refractivity contribution in [2.75, 3.05) is 11.9 Å². The van der Waals surface area contributed by atoms with Crippen LogP contribution in [0.3, 0.4) is 0 Å². The first-order valence-corrected chi connectivity index (χ1v) is 7.15. The van der Waals surface area contributed by atoms with Crippen molar-refractivity contribution in [3.05, 3.63) is 29.8 Å². The number of benzene rings is 1. The van der Waals surface area contributed by atoms with Crippen molar-refractivity contribution >= 4 is 5.69 Å². The third kappa shape index (κ3) is 2.40. The summed E-state index contributed by atoms with van der Waals surface area (Å²) >= 11 is 0. The fourth-order valence-electron chi connectivity index (χ4n) is 3.34. The van der Waals surface area contributed by atoms with Crippen LogP contribution in [-0.2, 0) is 4.74 Å². The van der Waals surface area contributed by atoms with E-state index < -0.39 is 17.2 Å². The summed E-state index contributed by atoms with van der Waals surface area (Å²) in [4.78, 5) is 0. The van der Waals surface area contributed by atoms with Crippen LogP contribution in [0.4, 0.5) is 14.5 Å². The molecule has 0 spiro atoms. The molecule has 0 aromatic heterocycles. The zero-order chi connectivity index (χ0) is 14.2. The molecule has 1 heterocycles. The molecule has 3 rings (SSSR count). The number of anilines is 1. The maximum absolute atomic E-state index is 13.3. The first-order chi connectivity index (χ1) is 9.59. The Kier molecular flexibility index (Phi) is 3.65. The Balaban J connectivity index is 1.79. The normalized spacial score (nSPS) is 33.5. The molecule has 1 aliphatic heterocycles. The number of fused-ring (bicyclic) bond motifs is 1. The quantitative estimate of drug-likeness (QED) is 0.877. The molecule has 3 nitrogen and oxygen atoms in total. The summed E-state index contributed by atoms with van der Waals surface area (Å²) in [5, 5.41) is 14.0. The zero-order valence-corrected chi connectivity index (χ0v) is 11.2. The molecule has 2 N–H and O–H groups in total. The predicted molar refractivity (Wildman–Crippen MR) is 71.5 cm³/mol. The van der Waals surface area contributed by atoms with Gasteiger partial charge in [-0.3, -0.25) is 0 Å². The van der Waals surface area contributed by atoms with Gasteiger partial charge in [0.15, 0.2) is 11.6 Å². The lowest BCUT2D eigenvalue weighted by Crippen LogP contribution is -2.61. The SMILES string of the molecule is O[C@]12CCCC[C@@H]1OCC[C@H]2Nc1ccc(F)c(F)c1. The summed E-state index contributed by atoms with van der Waals surface area (Å²) in [7, 11) is 0. The molecule has 110 valence electrons. The molecule has 5 heteroatoms. The van der Waals surface area contributed by atoms with Crippen LogP contribution in [0.25, 0.3) is 0 Å². The van der Waals surface area contributed by atoms with E-state index in [-0.39, 0.29) is 12.1 Å². The molecule has 1 aromatic rings. The number of halogens is 2. The Morgan fingerprint density at radius 2 is 2.05 bits per heavy atom. The molecule has 0 amide bonds. The third-order valence-corrected chi connectivity index (χ3v) is 4.44. The summed E-state index contributed by atoms with van der Waals surface area (Å²) in [6.07, 6.45) is 4.06. The van der Waals surface area contributed by atoms with Gasteiger partial charge in [0.2, 0.25) is 0 Å². The van der Waals surface area contributed by atoms with Crippen molar-refractivity contribution in [1.82, 2.24) is 0 Å². The van der Waals surface area contributed by atoms with Gasteiger partial charge in [0, 0.05) is 18.4 Å². The van der Waals surface area contributed by atoms with Gasteiger partial charge in [-0.25, -0.2) is 8.78 Å². The van der Waals surface area contributed by atoms with Crippen LogP contribution in [0, 0.1) is 11.6 Å². The van der Waals surface area contributed by atoms with Crippen molar-refractivity contribution in [2.45, 2.75) is 49.9 Å². The number of hydrogen-bond donors (Lipinski definition) is 2. The Morgan fingerprint density at radius 3 is 2.85 bits per heavy atom. The molecule has 20 heavy (non-hydrogen) atoms. The Bertz CT molecular complexity index is 495. The highest BCUT2D eigenvalue weighted by Crippen LogP contribution is 2.38. The van der Waals surface area contributed by atoms with Gasteiger partial charge in [0.1, 0.15) is 5.60 Å². The Hall–Kier alpha value is -1.20. The van der Waals surface area contributed by atoms with Crippen molar-refractivity contribution in [2.24, 2.45) is 0 Å². The zero-order valence-electron chi connectivity index (χ0n) is 11.2. The standard InChI is InChI=1S/C15H19F2NO2/c16-11-5-4-10(9-12(11)17)18-13-6-8-20-14-3-1-2-7-15(13,14)19/h4-5,9,13-14,18-19H,1-3,6-8H2/t13-,14+,15+/m1/s1. The van der Waals surface area contributed by atoms with Gasteiger partial charge in [-0.1, -0.05) is 12.8 Å². The molecule has 2 aliphatic rings. The predicted octanol–water partition coefficient (Wildman–Crippen LogP) is 2.84. The number of aliphatic hydroxyl groups is 1. The van der Waals surface area contributed by atoms with Crippen molar-refractivity contribution in [3.8, 4) is 0 Å². The first kappa shape index (κ1) is 13.8. The Labute approximate surface area is 116 Å². The van der Waals surface area contributed by atoms with Crippen LogP contribution in [0.2, 0.25) is 0 Å². The van der Waals surface area contributed by atoms with Gasteiger partial charge in [-0.2, -0.15) is 0 Å². The second-order valence-electron chi connectivity index (χ2n) is 5.71. The molecule has 1 aliphatic carbocycles. The molecule has 2 fully saturated rings. The van der Waals surface area contributed by atoms with E-state index in [9.17, 15) is 13.9 Å². The fourth-order valence-corrected chi connectivity index (χ4v) is 3.34. The van der Waals surface area contributed by atoms with Gasteiger partial charge in [-0.05, 0) is 31.4 Å². The summed E-state index contributed by atoms with van der Waals surface area (Å²) in [5.74, 6) is -1.74. The fraction of sp³-hybridized carbons (Fsp3) is 0.600. The van der Waals surface area contributed by atoms with Crippen LogP contribution in [0.1, 0.15) is 32.1 Å². The molecular formula is C15H19F2NO2. The summed E-state index contributed by atoms with van der Waals surface area (Å²) in [5.41, 5.74) is -0.421. The summed E-state index contributed by atoms with van der Waals surface area (Å²) in [6, 6.07) is 3.53. The first-order valence-electron chi connectivity index (χ1n) is 7.15. The summed E-state index contributed by atoms with van der Waals surface area (Å²) < 4.78 is 31.9. The maximum atomic E-state index is 13.3. The minimum absolute atomic E-state index is 0.159. The molecule has 1 saturated heterocycles. The lowest BCUT2D eigenvalue weighted by molar-refractivity contribution is -0.169. The molecular weight excluding hydrogens is 264 g/mol. The van der Waals surface area contributed by atoms with Crippen LogP contribution in [0.5, 0.6) is 0 Å². The molecule has 0 radical (unpaired) electrons. The van der Waals surface area contributed by atoms with Crippen molar-refractivity contribution in [1.29, 1.82) is 0 Å². The van der Waals surface area contributed by atoms with Gasteiger partial charge >= 0.3 is 0 Å². The third-order valence-electron chi connectivity index (χ3n) is 4.44. The highest BCUT2D eigenvalue weighted by molar-refractivity contribution is 5.45. The second kappa shape index (κ2) is 5.30. The van der Waals surface area contributed by atoms with E-state index >= 15 is 0 Å². The van der Waals surface area contributed by atoms with Gasteiger partial charge in [0.05, 0.1) is 12.1 Å². The van der Waals surface area contributed by atoms with Gasteiger partial charge < -0.3 is 15.2 Å².